The van der Waals surface area contributed by atoms with Crippen LogP contribution in [0.25, 0.3) is 0 Å². The molecule has 1 atom stereocenters. The third-order valence-electron chi connectivity index (χ3n) is 3.26. The number of nitrogen functional groups attached to an aromatic ring is 1. The Balaban J connectivity index is 1.92. The Morgan fingerprint density at radius 3 is 2.88 bits per heavy atom. The van der Waals surface area contributed by atoms with E-state index in [1.807, 2.05) is 6.92 Å². The van der Waals surface area contributed by atoms with Gasteiger partial charge in [0, 0.05) is 23.7 Å². The smallest absolute Gasteiger partial charge is 0.257 e. The number of nitrogens with zero attached hydrogens (tertiary/aromatic N) is 3. The van der Waals surface area contributed by atoms with Crippen LogP contribution in [0.5, 0.6) is 0 Å². The highest BCUT2D eigenvalue weighted by molar-refractivity contribution is 6.14. The summed E-state index contributed by atoms with van der Waals surface area (Å²) in [4.78, 5) is 16.4. The average molecular weight is 230 g/mol. The van der Waals surface area contributed by atoms with Gasteiger partial charge in [-0.1, -0.05) is 0 Å². The first-order valence-corrected chi connectivity index (χ1v) is 5.77. The Morgan fingerprint density at radius 1 is 1.47 bits per heavy atom. The third kappa shape index (κ3) is 1.67. The lowest BCUT2D eigenvalue weighted by atomic mass is 9.99. The van der Waals surface area contributed by atoms with Gasteiger partial charge in [0.05, 0.1) is 5.92 Å². The van der Waals surface area contributed by atoms with Gasteiger partial charge in [-0.3, -0.25) is 4.79 Å². The molecule has 0 saturated heterocycles. The second-order valence-electron chi connectivity index (χ2n) is 4.65. The molecule has 1 aromatic rings. The summed E-state index contributed by atoms with van der Waals surface area (Å²) in [6.07, 6.45) is 3.84. The van der Waals surface area contributed by atoms with Crippen LogP contribution in [0.3, 0.4) is 0 Å². The molecule has 2 aliphatic rings. The van der Waals surface area contributed by atoms with Gasteiger partial charge < -0.3 is 5.73 Å². The summed E-state index contributed by atoms with van der Waals surface area (Å²) in [5.74, 6) is 0.983. The quantitative estimate of drug-likeness (QED) is 0.835. The molecule has 0 bridgehead atoms. The molecular formula is C12H14N4O. The largest absolute Gasteiger partial charge is 0.399 e. The average Bonchev–Trinajstić information content (AvgIpc) is 3.06. The lowest BCUT2D eigenvalue weighted by Crippen LogP contribution is -2.28. The highest BCUT2D eigenvalue weighted by atomic mass is 16.2. The van der Waals surface area contributed by atoms with Gasteiger partial charge in [0.2, 0.25) is 0 Å². The summed E-state index contributed by atoms with van der Waals surface area (Å²) in [5.41, 5.74) is 7.17. The lowest BCUT2D eigenvalue weighted by Gasteiger charge is -2.13. The maximum atomic E-state index is 12.2. The van der Waals surface area contributed by atoms with Gasteiger partial charge in [-0.25, -0.2) is 4.98 Å². The number of carbonyl (C=O) groups is 1. The number of rotatable bonds is 2. The Kier molecular flexibility index (Phi) is 2.14. The summed E-state index contributed by atoms with van der Waals surface area (Å²) in [6.45, 7) is 1.91. The van der Waals surface area contributed by atoms with Crippen LogP contribution in [0, 0.1) is 11.8 Å². The molecule has 1 aliphatic heterocycles. The van der Waals surface area contributed by atoms with Gasteiger partial charge in [0.15, 0.2) is 5.82 Å². The van der Waals surface area contributed by atoms with E-state index >= 15 is 0 Å². The van der Waals surface area contributed by atoms with Crippen molar-refractivity contribution in [3.05, 3.63) is 18.3 Å². The molecule has 1 fully saturated rings. The number of hydrazone groups is 1. The topological polar surface area (TPSA) is 71.6 Å². The van der Waals surface area contributed by atoms with E-state index in [2.05, 4.69) is 10.1 Å². The lowest BCUT2D eigenvalue weighted by molar-refractivity contribution is -0.120. The standard InChI is InChI=1S/C12H14N4O/c1-7-11(8-2-3-8)12(17)16(15-7)10-6-9(13)4-5-14-10/h4-6,8,11H,2-3H2,1H3,(H2,13,14). The van der Waals surface area contributed by atoms with Crippen LogP contribution >= 0.6 is 0 Å². The van der Waals surface area contributed by atoms with Gasteiger partial charge in [-0.05, 0) is 31.7 Å². The maximum Gasteiger partial charge on any atom is 0.257 e. The van der Waals surface area contributed by atoms with Crippen molar-refractivity contribution in [3.8, 4) is 0 Å². The van der Waals surface area contributed by atoms with E-state index in [1.54, 1.807) is 18.3 Å². The van der Waals surface area contributed by atoms with Gasteiger partial charge in [0.1, 0.15) is 0 Å². The minimum absolute atomic E-state index is 0.0306. The fraction of sp³-hybridized carbons (Fsp3) is 0.417. The van der Waals surface area contributed by atoms with Gasteiger partial charge in [-0.2, -0.15) is 10.1 Å². The molecule has 88 valence electrons. The molecule has 0 aromatic carbocycles. The van der Waals surface area contributed by atoms with Crippen molar-refractivity contribution < 1.29 is 4.79 Å². The van der Waals surface area contributed by atoms with Gasteiger partial charge in [0.25, 0.3) is 5.91 Å². The van der Waals surface area contributed by atoms with Crippen LogP contribution in [0.2, 0.25) is 0 Å². The van der Waals surface area contributed by atoms with E-state index in [4.69, 9.17) is 5.73 Å². The summed E-state index contributed by atoms with van der Waals surface area (Å²) < 4.78 is 0. The highest BCUT2D eigenvalue weighted by Crippen LogP contribution is 2.41. The Morgan fingerprint density at radius 2 is 2.24 bits per heavy atom. The van der Waals surface area contributed by atoms with Crippen molar-refractivity contribution in [2.45, 2.75) is 19.8 Å². The molecule has 5 nitrogen and oxygen atoms in total. The molecule has 1 saturated carbocycles. The molecule has 3 rings (SSSR count). The van der Waals surface area contributed by atoms with Crippen LogP contribution in [-0.2, 0) is 4.79 Å². The summed E-state index contributed by atoms with van der Waals surface area (Å²) in [7, 11) is 0. The molecule has 1 unspecified atom stereocenters. The van der Waals surface area contributed by atoms with Crippen molar-refractivity contribution >= 4 is 23.1 Å². The van der Waals surface area contributed by atoms with E-state index in [9.17, 15) is 4.79 Å². The number of anilines is 2. The molecule has 1 amide bonds. The van der Waals surface area contributed by atoms with E-state index < -0.39 is 0 Å². The zero-order valence-corrected chi connectivity index (χ0v) is 9.63. The molecule has 1 aliphatic carbocycles. The number of aromatic nitrogens is 1. The van der Waals surface area contributed by atoms with E-state index in [0.29, 0.717) is 17.4 Å². The molecule has 0 radical (unpaired) electrons. The van der Waals surface area contributed by atoms with Crippen molar-refractivity contribution in [3.63, 3.8) is 0 Å². The van der Waals surface area contributed by atoms with Crippen molar-refractivity contribution in [2.24, 2.45) is 16.9 Å². The molecule has 5 heteroatoms. The van der Waals surface area contributed by atoms with Crippen LogP contribution < -0.4 is 10.7 Å². The monoisotopic (exact) mass is 230 g/mol. The Bertz CT molecular complexity index is 507. The zero-order chi connectivity index (χ0) is 12.0. The molecule has 1 aromatic heterocycles. The fourth-order valence-corrected chi connectivity index (χ4v) is 2.27. The minimum atomic E-state index is -0.0433. The van der Waals surface area contributed by atoms with Crippen LogP contribution in [0.15, 0.2) is 23.4 Å². The summed E-state index contributed by atoms with van der Waals surface area (Å²) in [6, 6.07) is 3.36. The summed E-state index contributed by atoms with van der Waals surface area (Å²) in [5, 5.41) is 5.69. The van der Waals surface area contributed by atoms with Crippen LogP contribution in [0.1, 0.15) is 19.8 Å². The number of nitrogens with two attached hydrogens (primary N) is 1. The number of pyridine rings is 1. The maximum absolute atomic E-state index is 12.2. The van der Waals surface area contributed by atoms with Crippen molar-refractivity contribution in [1.29, 1.82) is 0 Å². The predicted molar refractivity (Wildman–Crippen MR) is 65.5 cm³/mol. The predicted octanol–water partition coefficient (Wildman–Crippen LogP) is 1.41. The molecule has 2 N–H and O–H groups in total. The fourth-order valence-electron chi connectivity index (χ4n) is 2.27. The van der Waals surface area contributed by atoms with Crippen LogP contribution in [0.4, 0.5) is 11.5 Å². The zero-order valence-electron chi connectivity index (χ0n) is 9.63. The number of hydrogen-bond acceptors (Lipinski definition) is 4. The molecule has 0 spiro atoms. The van der Waals surface area contributed by atoms with Crippen LogP contribution in [-0.4, -0.2) is 16.6 Å². The number of hydrogen-bond donors (Lipinski definition) is 1. The summed E-state index contributed by atoms with van der Waals surface area (Å²) >= 11 is 0. The van der Waals surface area contributed by atoms with Gasteiger partial charge in [-0.15, -0.1) is 0 Å². The number of carbonyl (C=O) groups excluding carboxylic acids is 1. The Hall–Kier alpha value is -1.91. The first-order chi connectivity index (χ1) is 8.16. The van der Waals surface area contributed by atoms with Gasteiger partial charge >= 0.3 is 0 Å². The second-order valence-corrected chi connectivity index (χ2v) is 4.65. The third-order valence-corrected chi connectivity index (χ3v) is 3.26. The van der Waals surface area contributed by atoms with E-state index in [1.165, 1.54) is 5.01 Å². The van der Waals surface area contributed by atoms with E-state index in [0.717, 1.165) is 18.6 Å². The van der Waals surface area contributed by atoms with E-state index in [-0.39, 0.29) is 11.8 Å². The minimum Gasteiger partial charge on any atom is -0.399 e. The second kappa shape index (κ2) is 3.55. The molecular weight excluding hydrogens is 216 g/mol. The number of amides is 1. The van der Waals surface area contributed by atoms with Crippen molar-refractivity contribution in [2.75, 3.05) is 10.7 Å². The first kappa shape index (κ1) is 10.3. The molecule has 17 heavy (non-hydrogen) atoms. The first-order valence-electron chi connectivity index (χ1n) is 5.77. The Labute approximate surface area is 99.3 Å². The highest BCUT2D eigenvalue weighted by Gasteiger charge is 2.44. The SMILES string of the molecule is CC1=NN(c2cc(N)ccn2)C(=O)C1C1CC1. The molecule has 2 heterocycles. The van der Waals surface area contributed by atoms with Crippen molar-refractivity contribution in [1.82, 2.24) is 4.98 Å². The normalized spacial score (nSPS) is 24.1.